The number of ether oxygens (including phenoxy) is 1. The molecule has 2 aromatic heterocycles. The van der Waals surface area contributed by atoms with Gasteiger partial charge in [-0.3, -0.25) is 0 Å². The zero-order chi connectivity index (χ0) is 36.0. The van der Waals surface area contributed by atoms with Gasteiger partial charge in [0.15, 0.2) is 0 Å². The molecule has 9 heteroatoms. The number of hydrogen-bond acceptors (Lipinski definition) is 4. The molecule has 0 fully saturated rings. The van der Waals surface area contributed by atoms with Gasteiger partial charge in [-0.1, -0.05) is 17.2 Å². The van der Waals surface area contributed by atoms with Crippen LogP contribution in [0.25, 0.3) is 27.6 Å². The third-order valence-corrected chi connectivity index (χ3v) is 10.3. The average Bonchev–Trinajstić information content (AvgIpc) is 3.41. The first-order valence-corrected chi connectivity index (χ1v) is 18.3. The summed E-state index contributed by atoms with van der Waals surface area (Å²) in [6.45, 7) is 8.80. The Kier molecular flexibility index (Phi) is 9.50. The third kappa shape index (κ3) is 6.79. The topological polar surface area (TPSA) is 33.5 Å². The van der Waals surface area contributed by atoms with Crippen LogP contribution in [0.3, 0.4) is 0 Å². The van der Waals surface area contributed by atoms with Crippen LogP contribution in [0.15, 0.2) is 127 Å². The molecule has 0 amide bonds. The molecule has 5 nitrogen and oxygen atoms in total. The molecular formula is C42H37B3N4OPt. The minimum absolute atomic E-state index is 0.260. The first-order chi connectivity index (χ1) is 24.4. The summed E-state index contributed by atoms with van der Waals surface area (Å²) in [5.74, 6) is 2.47. The van der Waals surface area contributed by atoms with Crippen molar-refractivity contribution in [2.24, 2.45) is 5.92 Å². The fourth-order valence-corrected chi connectivity index (χ4v) is 8.14. The maximum absolute atomic E-state index is 6.60. The molecule has 1 aliphatic rings. The quantitative estimate of drug-likeness (QED) is 0.137. The van der Waals surface area contributed by atoms with Crippen LogP contribution >= 0.6 is 0 Å². The van der Waals surface area contributed by atoms with Gasteiger partial charge in [0.1, 0.15) is 0 Å². The van der Waals surface area contributed by atoms with Crippen molar-refractivity contribution in [3.63, 3.8) is 0 Å². The molecule has 1 aliphatic carbocycles. The van der Waals surface area contributed by atoms with E-state index in [4.69, 9.17) is 33.3 Å². The number of pyridine rings is 1. The molecule has 0 saturated carbocycles. The number of aromatic nitrogens is 2. The Balaban J connectivity index is 1.25. The number of hydrogen-bond donors (Lipinski definition) is 0. The van der Waals surface area contributed by atoms with Crippen molar-refractivity contribution in [3.8, 4) is 17.3 Å². The van der Waals surface area contributed by atoms with Gasteiger partial charge < -0.3 is 0 Å². The van der Waals surface area contributed by atoms with Gasteiger partial charge in [-0.15, -0.1) is 5.11 Å². The van der Waals surface area contributed by atoms with Crippen molar-refractivity contribution >= 4 is 66.9 Å². The molecule has 250 valence electrons. The summed E-state index contributed by atoms with van der Waals surface area (Å²) < 4.78 is 10.8. The van der Waals surface area contributed by atoms with E-state index in [1.165, 1.54) is 16.7 Å². The van der Waals surface area contributed by atoms with E-state index in [1.54, 1.807) is 12.3 Å². The molecule has 2 unspecified atom stereocenters. The van der Waals surface area contributed by atoms with Gasteiger partial charge in [0.2, 0.25) is 0 Å². The Bertz CT molecular complexity index is 2360. The van der Waals surface area contributed by atoms with E-state index < -0.39 is 5.11 Å². The monoisotopic (exact) mass is 841 g/mol. The first-order valence-electron chi connectivity index (χ1n) is 17.0. The predicted octanol–water partition coefficient (Wildman–Crippen LogP) is 8.69. The zero-order valence-electron chi connectivity index (χ0n) is 29.4. The molecule has 51 heavy (non-hydrogen) atoms. The van der Waals surface area contributed by atoms with E-state index in [9.17, 15) is 0 Å². The summed E-state index contributed by atoms with van der Waals surface area (Å²) in [5.41, 5.74) is 9.60. The fourth-order valence-electron chi connectivity index (χ4n) is 7.49. The second-order valence-electron chi connectivity index (χ2n) is 13.6. The average molecular weight is 841 g/mol. The standard InChI is InChI=1S/C42H37B3N4O.Pt/c1-26-14-17-36-35(22-26)34-16-15-33(25-39(34)49(36)40-23-30(18-19-46-40)42(43,44)45)50-32-11-9-10-31(24-32)47(5)37-12-7-8-13-38(37)48(6)41-28(3)20-27(2)21-29(41)4;/h5,7-25,28,41H,1-4,6H3;. The molecule has 2 atom stereocenters. The summed E-state index contributed by atoms with van der Waals surface area (Å²) in [4.78, 5) is 9.31. The Morgan fingerprint density at radius 2 is 1.59 bits per heavy atom. The number of likely N-dealkylation sites (N-methyl/N-ethyl adjacent to an activating group) is 1. The normalized spacial score (nSPS) is 16.1. The number of allylic oxidation sites excluding steroid dienone is 2. The van der Waals surface area contributed by atoms with Crippen molar-refractivity contribution in [2.45, 2.75) is 38.8 Å². The molecule has 0 bridgehead atoms. The second-order valence-corrected chi connectivity index (χ2v) is 14.2. The van der Waals surface area contributed by atoms with E-state index in [1.807, 2.05) is 24.3 Å². The van der Waals surface area contributed by atoms with E-state index >= 15 is 0 Å². The number of benzene rings is 4. The van der Waals surface area contributed by atoms with Crippen molar-refractivity contribution < 1.29 is 24.1 Å². The molecule has 0 spiro atoms. The second kappa shape index (κ2) is 13.9. The molecule has 6 aromatic rings. The van der Waals surface area contributed by atoms with Crippen molar-refractivity contribution in [2.75, 3.05) is 16.8 Å². The molecule has 7 rings (SSSR count). The zero-order valence-corrected chi connectivity index (χ0v) is 31.7. The van der Waals surface area contributed by atoms with Crippen LogP contribution in [0.2, 0.25) is 0 Å². The number of nitrogens with zero attached hydrogens (tertiary/aromatic N) is 4. The SMILES string of the molecule is [B]C([B])([B])c1ccnc(-n2c3ccc(C)cc3c3ccc(Oc4cccc(N([CH]=[Pt])c5ccccc5N(C)C5C(C)=CC(C)=CC5C)c4)cc32)c1. The van der Waals surface area contributed by atoms with Gasteiger partial charge in [-0.25, -0.2) is 0 Å². The molecule has 4 aromatic carbocycles. The van der Waals surface area contributed by atoms with Crippen LogP contribution in [0.1, 0.15) is 31.9 Å². The van der Waals surface area contributed by atoms with Gasteiger partial charge in [-0.2, -0.15) is 0 Å². The van der Waals surface area contributed by atoms with Crippen molar-refractivity contribution in [1.82, 2.24) is 9.55 Å². The number of aryl methyl sites for hydroxylation is 1. The Morgan fingerprint density at radius 3 is 2.33 bits per heavy atom. The van der Waals surface area contributed by atoms with Crippen LogP contribution in [0.4, 0.5) is 17.1 Å². The molecule has 0 N–H and O–H groups in total. The molecule has 6 radical (unpaired) electrons. The summed E-state index contributed by atoms with van der Waals surface area (Å²) >= 11 is 2.30. The van der Waals surface area contributed by atoms with E-state index in [-0.39, 0.29) is 6.04 Å². The van der Waals surface area contributed by atoms with Crippen molar-refractivity contribution in [1.29, 1.82) is 0 Å². The Morgan fingerprint density at radius 1 is 0.824 bits per heavy atom. The molecule has 0 aliphatic heterocycles. The van der Waals surface area contributed by atoms with E-state index in [0.717, 1.165) is 44.6 Å². The minimum atomic E-state index is -1.49. The van der Waals surface area contributed by atoms with Crippen molar-refractivity contribution in [3.05, 3.63) is 138 Å². The summed E-state index contributed by atoms with van der Waals surface area (Å²) in [6.07, 6.45) is 6.33. The van der Waals surface area contributed by atoms with E-state index in [0.29, 0.717) is 23.0 Å². The van der Waals surface area contributed by atoms with Crippen LogP contribution in [-0.4, -0.2) is 50.7 Å². The molecule has 2 heterocycles. The van der Waals surface area contributed by atoms with Crippen LogP contribution < -0.4 is 14.5 Å². The third-order valence-electron chi connectivity index (χ3n) is 9.67. The van der Waals surface area contributed by atoms with Gasteiger partial charge in [0.05, 0.1) is 23.5 Å². The van der Waals surface area contributed by atoms with Crippen LogP contribution in [-0.2, 0) is 24.5 Å². The molecular weight excluding hydrogens is 804 g/mol. The first kappa shape index (κ1) is 34.9. The van der Waals surface area contributed by atoms with Crippen LogP contribution in [0, 0.1) is 12.8 Å². The molecule has 0 saturated heterocycles. The number of fused-ring (bicyclic) bond motifs is 3. The van der Waals surface area contributed by atoms with Crippen LogP contribution in [0.5, 0.6) is 11.5 Å². The number of rotatable bonds is 9. The van der Waals surface area contributed by atoms with E-state index in [2.05, 4.69) is 152 Å². The van der Waals surface area contributed by atoms with Gasteiger partial charge in [-0.05, 0) is 13.0 Å². The number of anilines is 3. The van der Waals surface area contributed by atoms with Gasteiger partial charge in [0, 0.05) is 6.20 Å². The summed E-state index contributed by atoms with van der Waals surface area (Å²) in [6, 6.07) is 33.2. The summed E-state index contributed by atoms with van der Waals surface area (Å²) in [7, 11) is 20.4. The van der Waals surface area contributed by atoms with Gasteiger partial charge in [0.25, 0.3) is 0 Å². The Labute approximate surface area is 315 Å². The Hall–Kier alpha value is -4.54. The number of para-hydroxylation sites is 2. The summed E-state index contributed by atoms with van der Waals surface area (Å²) in [5, 5.41) is 0.699. The van der Waals surface area contributed by atoms with Gasteiger partial charge >= 0.3 is 252 Å². The fraction of sp³-hybridized carbons (Fsp3) is 0.190. The predicted molar refractivity (Wildman–Crippen MR) is 212 cm³/mol. The maximum atomic E-state index is 6.60.